The summed E-state index contributed by atoms with van der Waals surface area (Å²) in [6, 6.07) is 3.08. The Labute approximate surface area is 130 Å². The number of benzene rings is 1. The van der Waals surface area contributed by atoms with Gasteiger partial charge in [-0.05, 0) is 34.1 Å². The Bertz CT molecular complexity index is 654. The third-order valence-corrected chi connectivity index (χ3v) is 4.31. The Morgan fingerprint density at radius 3 is 2.43 bits per heavy atom. The second-order valence-corrected chi connectivity index (χ2v) is 7.24. The van der Waals surface area contributed by atoms with Gasteiger partial charge in [0.2, 0.25) is 0 Å². The van der Waals surface area contributed by atoms with Crippen molar-refractivity contribution in [2.24, 2.45) is 0 Å². The van der Waals surface area contributed by atoms with Crippen LogP contribution < -0.4 is 5.32 Å². The number of nitrogens with one attached hydrogen (secondary N) is 1. The van der Waals surface area contributed by atoms with Gasteiger partial charge in [0.05, 0.1) is 17.0 Å². The van der Waals surface area contributed by atoms with Crippen LogP contribution in [0.2, 0.25) is 0 Å². The molecule has 1 rings (SSSR count). The summed E-state index contributed by atoms with van der Waals surface area (Å²) in [5, 5.41) is 1.60. The van der Waals surface area contributed by atoms with Crippen molar-refractivity contribution in [2.75, 3.05) is 6.54 Å². The molecule has 0 aliphatic rings. The molecule has 0 aliphatic carbocycles. The normalized spacial score (nSPS) is 12.5. The molecule has 11 heteroatoms. The number of hydrogen-bond acceptors (Lipinski definition) is 3. The summed E-state index contributed by atoms with van der Waals surface area (Å²) in [7, 11) is 0.956. The highest BCUT2D eigenvalue weighted by Crippen LogP contribution is 2.24. The molecule has 0 fully saturated rings. The van der Waals surface area contributed by atoms with Crippen LogP contribution in [0.15, 0.2) is 27.6 Å². The summed E-state index contributed by atoms with van der Waals surface area (Å²) in [6.45, 7) is -1.59. The minimum Gasteiger partial charge on any atom is -0.346 e. The molecule has 1 aromatic carbocycles. The molecule has 0 aromatic heterocycles. The second kappa shape index (κ2) is 6.49. The van der Waals surface area contributed by atoms with Crippen LogP contribution in [0.1, 0.15) is 10.4 Å². The zero-order chi connectivity index (χ0) is 16.4. The first-order valence-electron chi connectivity index (χ1n) is 5.13. The maximum absolute atomic E-state index is 12.7. The maximum Gasteiger partial charge on any atom is 0.324 e. The van der Waals surface area contributed by atoms with Crippen molar-refractivity contribution in [1.29, 1.82) is 0 Å². The molecule has 0 saturated carbocycles. The van der Waals surface area contributed by atoms with E-state index < -0.39 is 38.7 Å². The Kier molecular flexibility index (Phi) is 5.62. The predicted octanol–water partition coefficient (Wildman–Crippen LogP) is 3.01. The minimum absolute atomic E-state index is 0.0874. The Hall–Kier alpha value is -0.870. The molecule has 0 radical (unpaired) electrons. The quantitative estimate of drug-likeness (QED) is 0.597. The van der Waals surface area contributed by atoms with E-state index in [0.29, 0.717) is 0 Å². The van der Waals surface area contributed by atoms with E-state index in [-0.39, 0.29) is 10.0 Å². The summed E-state index contributed by atoms with van der Waals surface area (Å²) in [6.07, 6.45) is -3.93. The number of rotatable bonds is 5. The molecule has 21 heavy (non-hydrogen) atoms. The molecular formula is C10H7BrClF4NO3S. The predicted molar refractivity (Wildman–Crippen MR) is 70.5 cm³/mol. The van der Waals surface area contributed by atoms with Crippen molar-refractivity contribution < 1.29 is 30.8 Å². The number of carbonyl (C=O) groups excluding carboxylic acids is 1. The monoisotopic (exact) mass is 411 g/mol. The van der Waals surface area contributed by atoms with Gasteiger partial charge in [-0.15, -0.1) is 0 Å². The molecular weight excluding hydrogens is 406 g/mol. The molecule has 1 amide bonds. The van der Waals surface area contributed by atoms with Gasteiger partial charge in [-0.3, -0.25) is 4.79 Å². The molecule has 0 spiro atoms. The summed E-state index contributed by atoms with van der Waals surface area (Å²) >= 11 is 2.91. The Balaban J connectivity index is 2.98. The lowest BCUT2D eigenvalue weighted by atomic mass is 10.2. The van der Waals surface area contributed by atoms with Gasteiger partial charge >= 0.3 is 12.3 Å². The van der Waals surface area contributed by atoms with Gasteiger partial charge in [-0.1, -0.05) is 0 Å². The van der Waals surface area contributed by atoms with Crippen molar-refractivity contribution >= 4 is 41.6 Å². The fourth-order valence-electron chi connectivity index (χ4n) is 1.20. The van der Waals surface area contributed by atoms with E-state index in [2.05, 4.69) is 15.9 Å². The summed E-state index contributed by atoms with van der Waals surface area (Å²) in [5.41, 5.74) is -0.332. The van der Waals surface area contributed by atoms with E-state index in [4.69, 9.17) is 10.7 Å². The van der Waals surface area contributed by atoms with E-state index in [1.807, 2.05) is 0 Å². The van der Waals surface area contributed by atoms with Crippen LogP contribution in [0.25, 0.3) is 0 Å². The van der Waals surface area contributed by atoms with Crippen LogP contribution in [0, 0.1) is 0 Å². The standard InChI is InChI=1S/C10H7BrClF4NO3S/c11-7-2-1-5(21(12,19)20)3-6(7)8(18)17-4-10(15,16)9(13)14/h1-3,9H,4H2,(H,17,18). The van der Waals surface area contributed by atoms with Crippen LogP contribution in [-0.4, -0.2) is 33.2 Å². The van der Waals surface area contributed by atoms with Gasteiger partial charge in [0, 0.05) is 15.2 Å². The van der Waals surface area contributed by atoms with Gasteiger partial charge in [0.25, 0.3) is 15.0 Å². The topological polar surface area (TPSA) is 63.2 Å². The SMILES string of the molecule is O=C(NCC(F)(F)C(F)F)c1cc(S(=O)(=O)Cl)ccc1Br. The van der Waals surface area contributed by atoms with Crippen LogP contribution >= 0.6 is 26.6 Å². The smallest absolute Gasteiger partial charge is 0.324 e. The summed E-state index contributed by atoms with van der Waals surface area (Å²) < 4.78 is 71.6. The molecule has 1 N–H and O–H groups in total. The molecule has 0 bridgehead atoms. The van der Waals surface area contributed by atoms with Crippen molar-refractivity contribution in [1.82, 2.24) is 5.32 Å². The molecule has 4 nitrogen and oxygen atoms in total. The molecule has 0 atom stereocenters. The average molecular weight is 413 g/mol. The number of amides is 1. The molecule has 0 unspecified atom stereocenters. The van der Waals surface area contributed by atoms with Gasteiger partial charge < -0.3 is 5.32 Å². The average Bonchev–Trinajstić information content (AvgIpc) is 2.35. The number of hydrogen-bond donors (Lipinski definition) is 1. The van der Waals surface area contributed by atoms with E-state index >= 15 is 0 Å². The zero-order valence-electron chi connectivity index (χ0n) is 9.92. The van der Waals surface area contributed by atoms with Gasteiger partial charge in [-0.25, -0.2) is 17.2 Å². The van der Waals surface area contributed by atoms with Gasteiger partial charge in [-0.2, -0.15) is 8.78 Å². The highest BCUT2D eigenvalue weighted by Gasteiger charge is 2.41. The van der Waals surface area contributed by atoms with E-state index in [1.165, 1.54) is 0 Å². The highest BCUT2D eigenvalue weighted by molar-refractivity contribution is 9.10. The van der Waals surface area contributed by atoms with Gasteiger partial charge in [0.15, 0.2) is 0 Å². The number of alkyl halides is 4. The van der Waals surface area contributed by atoms with Crippen molar-refractivity contribution in [3.05, 3.63) is 28.2 Å². The maximum atomic E-state index is 12.7. The first-order valence-corrected chi connectivity index (χ1v) is 8.24. The Morgan fingerprint density at radius 2 is 1.95 bits per heavy atom. The molecule has 0 aliphatic heterocycles. The fraction of sp³-hybridized carbons (Fsp3) is 0.300. The van der Waals surface area contributed by atoms with E-state index in [1.54, 1.807) is 5.32 Å². The lowest BCUT2D eigenvalue weighted by molar-refractivity contribution is -0.123. The Morgan fingerprint density at radius 1 is 1.38 bits per heavy atom. The molecule has 0 heterocycles. The van der Waals surface area contributed by atoms with Crippen LogP contribution in [0.4, 0.5) is 17.6 Å². The first kappa shape index (κ1) is 18.2. The summed E-state index contributed by atoms with van der Waals surface area (Å²) in [5.74, 6) is -5.54. The van der Waals surface area contributed by atoms with Crippen molar-refractivity contribution in [3.63, 3.8) is 0 Å². The highest BCUT2D eigenvalue weighted by atomic mass is 79.9. The second-order valence-electron chi connectivity index (χ2n) is 3.82. The van der Waals surface area contributed by atoms with E-state index in [9.17, 15) is 30.8 Å². The zero-order valence-corrected chi connectivity index (χ0v) is 13.1. The largest absolute Gasteiger partial charge is 0.346 e. The first-order chi connectivity index (χ1) is 9.45. The lowest BCUT2D eigenvalue weighted by Gasteiger charge is -2.16. The van der Waals surface area contributed by atoms with Crippen molar-refractivity contribution in [2.45, 2.75) is 17.2 Å². The molecule has 1 aromatic rings. The third-order valence-electron chi connectivity index (χ3n) is 2.27. The molecule has 0 saturated heterocycles. The van der Waals surface area contributed by atoms with E-state index in [0.717, 1.165) is 18.2 Å². The summed E-state index contributed by atoms with van der Waals surface area (Å²) in [4.78, 5) is 11.2. The number of halogens is 6. The third kappa shape index (κ3) is 4.82. The minimum atomic E-state index is -4.39. The van der Waals surface area contributed by atoms with Gasteiger partial charge in [0.1, 0.15) is 0 Å². The van der Waals surface area contributed by atoms with Crippen molar-refractivity contribution in [3.8, 4) is 0 Å². The number of carbonyl (C=O) groups is 1. The molecule has 118 valence electrons. The lowest BCUT2D eigenvalue weighted by Crippen LogP contribution is -2.41. The van der Waals surface area contributed by atoms with Crippen LogP contribution in [0.5, 0.6) is 0 Å². The van der Waals surface area contributed by atoms with Crippen LogP contribution in [0.3, 0.4) is 0 Å². The van der Waals surface area contributed by atoms with Crippen LogP contribution in [-0.2, 0) is 9.05 Å². The fourth-order valence-corrected chi connectivity index (χ4v) is 2.40.